The van der Waals surface area contributed by atoms with Crippen LogP contribution in [0.15, 0.2) is 35.3 Å². The molecule has 0 saturated carbocycles. The third kappa shape index (κ3) is 4.78. The third-order valence-corrected chi connectivity index (χ3v) is 5.34. The Morgan fingerprint density at radius 1 is 1.23 bits per heavy atom. The minimum absolute atomic E-state index is 0.0594. The molecule has 0 bridgehead atoms. The topological polar surface area (TPSA) is 45.1 Å². The fourth-order valence-electron chi connectivity index (χ4n) is 3.75. The number of nitrogens with zero attached hydrogens (tertiary/aromatic N) is 3. The van der Waals surface area contributed by atoms with Crippen LogP contribution in [0.5, 0.6) is 5.75 Å². The second-order valence-corrected chi connectivity index (χ2v) is 7.55. The lowest BCUT2D eigenvalue weighted by Gasteiger charge is -2.34. The molecule has 1 aliphatic heterocycles. The lowest BCUT2D eigenvalue weighted by atomic mass is 9.97. The first-order valence-electron chi connectivity index (χ1n) is 10.1. The number of anilines is 2. The Labute approximate surface area is 176 Å². The molecule has 30 heavy (non-hydrogen) atoms. The van der Waals surface area contributed by atoms with Gasteiger partial charge in [-0.3, -0.25) is 9.79 Å². The van der Waals surface area contributed by atoms with Crippen LogP contribution in [-0.4, -0.2) is 39.4 Å². The van der Waals surface area contributed by atoms with Crippen LogP contribution in [0.25, 0.3) is 0 Å². The standard InChI is InChI=1S/C23H27F2N3O2/c1-4-26-22-20(27(3)15-29)6-5-7-21(22)30-14-17-8-10-28(11-9-17)23-18(24)12-16(2)13-19(23)25/h4-7,12-13,15,17H,8-11,14H2,1-3H3. The summed E-state index contributed by atoms with van der Waals surface area (Å²) in [6.07, 6.45) is 3.93. The van der Waals surface area contributed by atoms with E-state index in [0.717, 1.165) is 19.3 Å². The highest BCUT2D eigenvalue weighted by Crippen LogP contribution is 2.37. The molecular formula is C23H27F2N3O2. The van der Waals surface area contributed by atoms with E-state index in [1.54, 1.807) is 32.0 Å². The summed E-state index contributed by atoms with van der Waals surface area (Å²) < 4.78 is 34.6. The van der Waals surface area contributed by atoms with Crippen molar-refractivity contribution in [3.8, 4) is 5.75 Å². The number of amides is 1. The Bertz CT molecular complexity index is 902. The monoisotopic (exact) mass is 415 g/mol. The van der Waals surface area contributed by atoms with Gasteiger partial charge in [0.05, 0.1) is 12.3 Å². The second kappa shape index (κ2) is 9.69. The molecule has 1 amide bonds. The summed E-state index contributed by atoms with van der Waals surface area (Å²) in [6.45, 7) is 5.10. The first-order chi connectivity index (χ1) is 14.4. The fourth-order valence-corrected chi connectivity index (χ4v) is 3.75. The average Bonchev–Trinajstić information content (AvgIpc) is 2.72. The zero-order valence-electron chi connectivity index (χ0n) is 17.6. The summed E-state index contributed by atoms with van der Waals surface area (Å²) in [5.74, 6) is -0.151. The summed E-state index contributed by atoms with van der Waals surface area (Å²) in [7, 11) is 1.67. The van der Waals surface area contributed by atoms with Crippen molar-refractivity contribution >= 4 is 29.7 Å². The lowest BCUT2D eigenvalue weighted by molar-refractivity contribution is -0.107. The number of aryl methyl sites for hydroxylation is 1. The molecule has 0 radical (unpaired) electrons. The SMILES string of the molecule is CC=Nc1c(OCC2CCN(c3c(F)cc(C)cc3F)CC2)cccc1N(C)C=O. The lowest BCUT2D eigenvalue weighted by Crippen LogP contribution is -2.36. The summed E-state index contributed by atoms with van der Waals surface area (Å²) in [4.78, 5) is 18.8. The summed E-state index contributed by atoms with van der Waals surface area (Å²) in [6, 6.07) is 8.20. The molecule has 2 aromatic carbocycles. The van der Waals surface area contributed by atoms with Gasteiger partial charge >= 0.3 is 0 Å². The van der Waals surface area contributed by atoms with Crippen LogP contribution < -0.4 is 14.5 Å². The van der Waals surface area contributed by atoms with Gasteiger partial charge in [-0.25, -0.2) is 8.78 Å². The Morgan fingerprint density at radius 2 is 1.90 bits per heavy atom. The number of halogens is 2. The van der Waals surface area contributed by atoms with Gasteiger partial charge in [-0.2, -0.15) is 0 Å². The van der Waals surface area contributed by atoms with E-state index >= 15 is 0 Å². The van der Waals surface area contributed by atoms with E-state index in [4.69, 9.17) is 4.74 Å². The normalized spacial score (nSPS) is 14.9. The molecule has 1 saturated heterocycles. The first kappa shape index (κ1) is 21.7. The first-order valence-corrected chi connectivity index (χ1v) is 10.1. The molecular weight excluding hydrogens is 388 g/mol. The highest BCUT2D eigenvalue weighted by atomic mass is 19.1. The van der Waals surface area contributed by atoms with Gasteiger partial charge in [-0.1, -0.05) is 6.07 Å². The third-order valence-electron chi connectivity index (χ3n) is 5.34. The molecule has 0 aliphatic carbocycles. The zero-order valence-corrected chi connectivity index (χ0v) is 17.6. The number of piperidine rings is 1. The largest absolute Gasteiger partial charge is 0.491 e. The Morgan fingerprint density at radius 3 is 2.50 bits per heavy atom. The van der Waals surface area contributed by atoms with Gasteiger partial charge in [0.1, 0.15) is 28.8 Å². The molecule has 160 valence electrons. The Hall–Kier alpha value is -2.96. The predicted molar refractivity (Wildman–Crippen MR) is 116 cm³/mol. The van der Waals surface area contributed by atoms with Crippen molar-refractivity contribution in [3.63, 3.8) is 0 Å². The average molecular weight is 415 g/mol. The molecule has 5 nitrogen and oxygen atoms in total. The molecule has 0 N–H and O–H groups in total. The number of rotatable bonds is 7. The summed E-state index contributed by atoms with van der Waals surface area (Å²) in [5.41, 5.74) is 1.91. The molecule has 3 rings (SSSR count). The minimum atomic E-state index is -0.514. The van der Waals surface area contributed by atoms with Crippen LogP contribution in [0.4, 0.5) is 25.8 Å². The Kier molecular flexibility index (Phi) is 7.03. The van der Waals surface area contributed by atoms with Crippen molar-refractivity contribution in [2.75, 3.05) is 36.5 Å². The van der Waals surface area contributed by atoms with E-state index in [9.17, 15) is 13.6 Å². The van der Waals surface area contributed by atoms with Gasteiger partial charge in [0.25, 0.3) is 0 Å². The molecule has 0 atom stereocenters. The van der Waals surface area contributed by atoms with E-state index in [0.29, 0.717) is 42.4 Å². The van der Waals surface area contributed by atoms with Crippen molar-refractivity contribution < 1.29 is 18.3 Å². The van der Waals surface area contributed by atoms with E-state index in [2.05, 4.69) is 4.99 Å². The second-order valence-electron chi connectivity index (χ2n) is 7.55. The maximum atomic E-state index is 14.3. The summed E-state index contributed by atoms with van der Waals surface area (Å²) >= 11 is 0. The van der Waals surface area contributed by atoms with E-state index in [1.165, 1.54) is 17.0 Å². The van der Waals surface area contributed by atoms with Crippen LogP contribution >= 0.6 is 0 Å². The number of aliphatic imine (C=N–C) groups is 1. The quantitative estimate of drug-likeness (QED) is 0.478. The molecule has 7 heteroatoms. The highest BCUT2D eigenvalue weighted by molar-refractivity contribution is 5.86. The van der Waals surface area contributed by atoms with Crippen LogP contribution in [0, 0.1) is 24.5 Å². The molecule has 2 aromatic rings. The van der Waals surface area contributed by atoms with Gasteiger partial charge in [0.2, 0.25) is 6.41 Å². The van der Waals surface area contributed by atoms with E-state index in [1.807, 2.05) is 18.2 Å². The van der Waals surface area contributed by atoms with Crippen molar-refractivity contribution in [1.29, 1.82) is 0 Å². The van der Waals surface area contributed by atoms with Crippen LogP contribution in [0.1, 0.15) is 25.3 Å². The van der Waals surface area contributed by atoms with Crippen LogP contribution in [0.2, 0.25) is 0 Å². The van der Waals surface area contributed by atoms with Gasteiger partial charge in [-0.05, 0) is 62.4 Å². The zero-order chi connectivity index (χ0) is 21.7. The Balaban J connectivity index is 1.65. The number of carbonyl (C=O) groups excluding carboxylic acids is 1. The van der Waals surface area contributed by atoms with Crippen LogP contribution in [0.3, 0.4) is 0 Å². The minimum Gasteiger partial charge on any atom is -0.491 e. The number of carbonyl (C=O) groups is 1. The summed E-state index contributed by atoms with van der Waals surface area (Å²) in [5, 5.41) is 0. The smallest absolute Gasteiger partial charge is 0.213 e. The maximum Gasteiger partial charge on any atom is 0.213 e. The van der Waals surface area contributed by atoms with Gasteiger partial charge in [0, 0.05) is 26.4 Å². The van der Waals surface area contributed by atoms with Crippen molar-refractivity contribution in [3.05, 3.63) is 47.5 Å². The molecule has 0 unspecified atom stereocenters. The molecule has 1 fully saturated rings. The fraction of sp³-hybridized carbons (Fsp3) is 0.391. The number of para-hydroxylation sites is 1. The maximum absolute atomic E-state index is 14.3. The predicted octanol–water partition coefficient (Wildman–Crippen LogP) is 4.88. The molecule has 1 aliphatic rings. The molecule has 0 aromatic heterocycles. The van der Waals surface area contributed by atoms with Crippen molar-refractivity contribution in [2.24, 2.45) is 10.9 Å². The van der Waals surface area contributed by atoms with Crippen molar-refractivity contribution in [2.45, 2.75) is 26.7 Å². The molecule has 1 heterocycles. The number of ether oxygens (including phenoxy) is 1. The molecule has 0 spiro atoms. The van der Waals surface area contributed by atoms with Crippen LogP contribution in [-0.2, 0) is 4.79 Å². The van der Waals surface area contributed by atoms with E-state index in [-0.39, 0.29) is 11.6 Å². The van der Waals surface area contributed by atoms with Crippen molar-refractivity contribution in [1.82, 2.24) is 0 Å². The number of hydrogen-bond acceptors (Lipinski definition) is 4. The van der Waals surface area contributed by atoms with E-state index < -0.39 is 11.6 Å². The number of benzene rings is 2. The van der Waals surface area contributed by atoms with Gasteiger partial charge in [0.15, 0.2) is 0 Å². The van der Waals surface area contributed by atoms with Gasteiger partial charge < -0.3 is 14.5 Å². The van der Waals surface area contributed by atoms with Gasteiger partial charge in [-0.15, -0.1) is 0 Å². The number of hydrogen-bond donors (Lipinski definition) is 0. The highest BCUT2D eigenvalue weighted by Gasteiger charge is 2.25.